The van der Waals surface area contributed by atoms with E-state index in [1.54, 1.807) is 30.3 Å². The highest BCUT2D eigenvalue weighted by Gasteiger charge is 2.31. The Morgan fingerprint density at radius 1 is 1.20 bits per heavy atom. The Balaban J connectivity index is 2.43. The molecule has 0 aromatic heterocycles. The molecule has 0 spiro atoms. The number of ketones is 1. The van der Waals surface area contributed by atoms with Crippen LogP contribution in [0.25, 0.3) is 0 Å². The van der Waals surface area contributed by atoms with Crippen LogP contribution in [-0.4, -0.2) is 56.7 Å². The van der Waals surface area contributed by atoms with Crippen LogP contribution in [0.5, 0.6) is 0 Å². The molecule has 0 aliphatic rings. The molecule has 5 N–H and O–H groups in total. The van der Waals surface area contributed by atoms with Gasteiger partial charge in [-0.1, -0.05) is 30.3 Å². The summed E-state index contributed by atoms with van der Waals surface area (Å²) < 4.78 is 19.4. The second kappa shape index (κ2) is 9.62. The first-order valence-electron chi connectivity index (χ1n) is 7.16. The molecule has 1 aromatic rings. The van der Waals surface area contributed by atoms with Crippen molar-refractivity contribution in [3.8, 4) is 0 Å². The Bertz CT molecular complexity index is 618. The minimum absolute atomic E-state index is 0.00685. The topological polar surface area (TPSA) is 163 Å². The van der Waals surface area contributed by atoms with E-state index >= 15 is 0 Å². The van der Waals surface area contributed by atoms with Gasteiger partial charge in [0.05, 0.1) is 6.04 Å². The molecule has 2 unspecified atom stereocenters. The average molecular weight is 377 g/mol. The summed E-state index contributed by atoms with van der Waals surface area (Å²) in [6, 6.07) is 7.76. The molecule has 0 heterocycles. The lowest BCUT2D eigenvalue weighted by Crippen LogP contribution is -2.50. The number of alkyl carbamates (subject to hydrolysis) is 1. The molecule has 3 atom stereocenters. The minimum Gasteiger partial charge on any atom is -0.445 e. The lowest BCUT2D eigenvalue weighted by atomic mass is 10.0. The number of hydrogen-bond acceptors (Lipinski definition) is 7. The van der Waals surface area contributed by atoms with Gasteiger partial charge in [0.2, 0.25) is 0 Å². The third-order valence-electron chi connectivity index (χ3n) is 3.10. The van der Waals surface area contributed by atoms with Crippen molar-refractivity contribution in [3.63, 3.8) is 0 Å². The fourth-order valence-corrected chi connectivity index (χ4v) is 2.03. The lowest BCUT2D eigenvalue weighted by molar-refractivity contribution is -0.136. The van der Waals surface area contributed by atoms with Crippen molar-refractivity contribution in [2.24, 2.45) is 0 Å². The van der Waals surface area contributed by atoms with Crippen LogP contribution in [0.4, 0.5) is 4.79 Å². The maximum absolute atomic E-state index is 11.6. The van der Waals surface area contributed by atoms with Gasteiger partial charge in [0, 0.05) is 0 Å². The van der Waals surface area contributed by atoms with E-state index in [-0.39, 0.29) is 6.61 Å². The lowest BCUT2D eigenvalue weighted by Gasteiger charge is -2.23. The van der Waals surface area contributed by atoms with Crippen molar-refractivity contribution in [2.75, 3.05) is 6.61 Å². The molecule has 0 saturated heterocycles. The number of aliphatic hydroxyl groups excluding tert-OH is 2. The van der Waals surface area contributed by atoms with Crippen LogP contribution in [0.2, 0.25) is 0 Å². The number of ether oxygens (including phenoxy) is 1. The van der Waals surface area contributed by atoms with Gasteiger partial charge in [-0.25, -0.2) is 9.36 Å². The Hall–Kier alpha value is -1.81. The highest BCUT2D eigenvalue weighted by molar-refractivity contribution is 7.46. The number of amides is 1. The molecule has 1 rings (SSSR count). The molecule has 11 heteroatoms. The zero-order valence-electron chi connectivity index (χ0n) is 13.3. The number of phosphoric ester groups is 1. The van der Waals surface area contributed by atoms with Crippen LogP contribution >= 0.6 is 7.82 Å². The molecule has 10 nitrogen and oxygen atoms in total. The van der Waals surface area contributed by atoms with Crippen LogP contribution in [0.3, 0.4) is 0 Å². The van der Waals surface area contributed by atoms with Crippen LogP contribution < -0.4 is 5.32 Å². The summed E-state index contributed by atoms with van der Waals surface area (Å²) in [5.41, 5.74) is 0.746. The number of benzene rings is 1. The second-order valence-electron chi connectivity index (χ2n) is 5.16. The first-order chi connectivity index (χ1) is 11.6. The van der Waals surface area contributed by atoms with Crippen molar-refractivity contribution in [1.82, 2.24) is 5.32 Å². The van der Waals surface area contributed by atoms with Gasteiger partial charge in [-0.05, 0) is 12.5 Å². The summed E-state index contributed by atoms with van der Waals surface area (Å²) >= 11 is 0. The Morgan fingerprint density at radius 2 is 1.80 bits per heavy atom. The van der Waals surface area contributed by atoms with Crippen LogP contribution in [0, 0.1) is 0 Å². The number of hydrogen-bond donors (Lipinski definition) is 5. The molecule has 0 bridgehead atoms. The van der Waals surface area contributed by atoms with Crippen molar-refractivity contribution < 1.29 is 43.4 Å². The standard InChI is InChI=1S/C14H20NO9P/c1-9(12(17)13(18)11(16)8-24-25(20,21)22)15-14(19)23-7-10-5-3-2-4-6-10/h2-6,9,12-13,17-18H,7-8H2,1H3,(H,15,19)(H2,20,21,22)/t9?,12?,13-/m0/s1. The van der Waals surface area contributed by atoms with E-state index in [9.17, 15) is 24.4 Å². The minimum atomic E-state index is -4.88. The van der Waals surface area contributed by atoms with Crippen molar-refractivity contribution >= 4 is 19.7 Å². The maximum Gasteiger partial charge on any atom is 0.470 e. The molecular weight excluding hydrogens is 357 g/mol. The summed E-state index contributed by atoms with van der Waals surface area (Å²) in [4.78, 5) is 40.1. The van der Waals surface area contributed by atoms with E-state index in [0.29, 0.717) is 0 Å². The molecule has 0 aliphatic heterocycles. The Kier molecular flexibility index (Phi) is 8.17. The summed E-state index contributed by atoms with van der Waals surface area (Å²) in [5.74, 6) is -1.15. The van der Waals surface area contributed by atoms with Gasteiger partial charge in [-0.3, -0.25) is 9.32 Å². The molecule has 1 aromatic carbocycles. The normalized spacial score (nSPS) is 15.1. The molecular formula is C14H20NO9P. The van der Waals surface area contributed by atoms with Gasteiger partial charge in [-0.2, -0.15) is 0 Å². The first kappa shape index (κ1) is 21.2. The molecule has 0 fully saturated rings. The van der Waals surface area contributed by atoms with Crippen LogP contribution in [0.15, 0.2) is 30.3 Å². The highest BCUT2D eigenvalue weighted by Crippen LogP contribution is 2.35. The van der Waals surface area contributed by atoms with Gasteiger partial charge < -0.3 is 30.1 Å². The number of phosphoric acid groups is 1. The number of Topliss-reactive ketones (excluding diaryl/α,β-unsaturated/α-hetero) is 1. The van der Waals surface area contributed by atoms with E-state index in [0.717, 1.165) is 5.56 Å². The predicted molar refractivity (Wildman–Crippen MR) is 84.2 cm³/mol. The highest BCUT2D eigenvalue weighted by atomic mass is 31.2. The molecule has 1 amide bonds. The number of rotatable bonds is 9. The Labute approximate surface area is 143 Å². The third kappa shape index (κ3) is 8.21. The fourth-order valence-electron chi connectivity index (χ4n) is 1.73. The zero-order chi connectivity index (χ0) is 19.0. The average Bonchev–Trinajstić information content (AvgIpc) is 2.56. The molecule has 0 aliphatic carbocycles. The Morgan fingerprint density at radius 3 is 2.36 bits per heavy atom. The quantitative estimate of drug-likeness (QED) is 0.364. The van der Waals surface area contributed by atoms with Crippen LogP contribution in [-0.2, 0) is 25.2 Å². The second-order valence-corrected chi connectivity index (χ2v) is 6.40. The molecule has 0 radical (unpaired) electrons. The van der Waals surface area contributed by atoms with Crippen LogP contribution in [0.1, 0.15) is 12.5 Å². The van der Waals surface area contributed by atoms with Gasteiger partial charge in [0.1, 0.15) is 25.4 Å². The summed E-state index contributed by atoms with van der Waals surface area (Å²) in [7, 11) is -4.88. The van der Waals surface area contributed by atoms with Crippen molar-refractivity contribution in [2.45, 2.75) is 31.8 Å². The molecule has 0 saturated carbocycles. The van der Waals surface area contributed by atoms with Gasteiger partial charge in [0.25, 0.3) is 0 Å². The fraction of sp³-hybridized carbons (Fsp3) is 0.429. The SMILES string of the molecule is CC(NC(=O)OCc1ccccc1)C(O)[C@@H](O)C(=O)COP(=O)(O)O. The predicted octanol–water partition coefficient (Wildman–Crippen LogP) is -0.298. The van der Waals surface area contributed by atoms with E-state index in [1.807, 2.05) is 0 Å². The van der Waals surface area contributed by atoms with Crippen molar-refractivity contribution in [3.05, 3.63) is 35.9 Å². The number of nitrogens with one attached hydrogen (secondary N) is 1. The van der Waals surface area contributed by atoms with Crippen molar-refractivity contribution in [1.29, 1.82) is 0 Å². The first-order valence-corrected chi connectivity index (χ1v) is 8.69. The smallest absolute Gasteiger partial charge is 0.445 e. The third-order valence-corrected chi connectivity index (χ3v) is 3.56. The number of aliphatic hydroxyl groups is 2. The number of carbonyl (C=O) groups excluding carboxylic acids is 2. The monoisotopic (exact) mass is 377 g/mol. The summed E-state index contributed by atoms with van der Waals surface area (Å²) in [6.45, 7) is 0.218. The van der Waals surface area contributed by atoms with E-state index in [4.69, 9.17) is 14.5 Å². The van der Waals surface area contributed by atoms with E-state index < -0.39 is 44.6 Å². The van der Waals surface area contributed by atoms with Gasteiger partial charge >= 0.3 is 13.9 Å². The largest absolute Gasteiger partial charge is 0.470 e. The summed E-state index contributed by atoms with van der Waals surface area (Å²) in [6.07, 6.45) is -4.60. The number of carbonyl (C=O) groups is 2. The van der Waals surface area contributed by atoms with E-state index in [2.05, 4.69) is 9.84 Å². The zero-order valence-corrected chi connectivity index (χ0v) is 14.2. The molecule has 25 heavy (non-hydrogen) atoms. The van der Waals surface area contributed by atoms with Gasteiger partial charge in [-0.15, -0.1) is 0 Å². The van der Waals surface area contributed by atoms with Gasteiger partial charge in [0.15, 0.2) is 5.78 Å². The summed E-state index contributed by atoms with van der Waals surface area (Å²) in [5, 5.41) is 21.7. The maximum atomic E-state index is 11.6. The molecule has 140 valence electrons. The van der Waals surface area contributed by atoms with E-state index in [1.165, 1.54) is 6.92 Å².